The lowest BCUT2D eigenvalue weighted by Gasteiger charge is -2.19. The Morgan fingerprint density at radius 2 is 1.56 bits per heavy atom. The summed E-state index contributed by atoms with van der Waals surface area (Å²) in [6.07, 6.45) is 0. The van der Waals surface area contributed by atoms with Crippen LogP contribution in [0.5, 0.6) is 0 Å². The van der Waals surface area contributed by atoms with Crippen molar-refractivity contribution in [1.82, 2.24) is 0 Å². The molecular weight excluding hydrogens is 401 g/mol. The van der Waals surface area contributed by atoms with Crippen LogP contribution >= 0.6 is 57.4 Å². The van der Waals surface area contributed by atoms with Crippen molar-refractivity contribution in [3.05, 3.63) is 68.3 Å². The molecule has 0 spiro atoms. The molecule has 0 bridgehead atoms. The van der Waals surface area contributed by atoms with Gasteiger partial charge in [0.15, 0.2) is 0 Å². The third-order valence-corrected chi connectivity index (χ3v) is 4.15. The van der Waals surface area contributed by atoms with Gasteiger partial charge in [0, 0.05) is 14.5 Å². The average molecular weight is 411 g/mol. The fourth-order valence-electron chi connectivity index (χ4n) is 1.85. The minimum Gasteiger partial charge on any atom is -0.104 e. The van der Waals surface area contributed by atoms with E-state index in [1.54, 1.807) is 0 Å². The highest BCUT2D eigenvalue weighted by molar-refractivity contribution is 14.1. The van der Waals surface area contributed by atoms with Crippen molar-refractivity contribution in [1.29, 1.82) is 0 Å². The van der Waals surface area contributed by atoms with E-state index in [1.807, 2.05) is 48.5 Å². The van der Waals surface area contributed by atoms with Crippen molar-refractivity contribution in [3.63, 3.8) is 0 Å². The van der Waals surface area contributed by atoms with Gasteiger partial charge in [0.05, 0.1) is 0 Å². The second kappa shape index (κ2) is 6.47. The molecule has 0 amide bonds. The summed E-state index contributed by atoms with van der Waals surface area (Å²) in [5.41, 5.74) is 2.12. The third kappa shape index (κ3) is 3.53. The zero-order valence-corrected chi connectivity index (χ0v) is 13.7. The fraction of sp³-hybridized carbons (Fsp3) is 0.143. The molecule has 0 aliphatic rings. The van der Waals surface area contributed by atoms with E-state index in [-0.39, 0.29) is 5.92 Å². The molecule has 4 heteroatoms. The Hall–Kier alpha value is 0.0400. The maximum Gasteiger partial charge on any atom is 0.118 e. The lowest BCUT2D eigenvalue weighted by molar-refractivity contribution is 0.886. The molecule has 2 rings (SSSR count). The summed E-state index contributed by atoms with van der Waals surface area (Å²) < 4.78 is 1.18. The molecule has 0 aromatic heterocycles. The van der Waals surface area contributed by atoms with Crippen LogP contribution in [0.25, 0.3) is 0 Å². The van der Waals surface area contributed by atoms with Gasteiger partial charge in [-0.05, 0) is 58.0 Å². The van der Waals surface area contributed by atoms with Gasteiger partial charge < -0.3 is 0 Å². The Morgan fingerprint density at radius 3 is 2.11 bits per heavy atom. The fourth-order valence-corrected chi connectivity index (χ4v) is 2.99. The summed E-state index contributed by atoms with van der Waals surface area (Å²) in [5, 5.41) is 0.692. The van der Waals surface area contributed by atoms with Gasteiger partial charge in [0.1, 0.15) is 4.84 Å². The van der Waals surface area contributed by atoms with Gasteiger partial charge in [-0.2, -0.15) is 0 Å². The first kappa shape index (κ1) is 14.4. The largest absolute Gasteiger partial charge is 0.118 e. The Labute approximate surface area is 135 Å². The van der Waals surface area contributed by atoms with Gasteiger partial charge in [-0.1, -0.05) is 35.9 Å². The van der Waals surface area contributed by atoms with E-state index in [1.165, 1.54) is 3.57 Å². The van der Waals surface area contributed by atoms with Crippen LogP contribution < -0.4 is 0 Å². The molecule has 0 unspecified atom stereocenters. The van der Waals surface area contributed by atoms with Crippen molar-refractivity contribution >= 4 is 57.4 Å². The van der Waals surface area contributed by atoms with Crippen LogP contribution in [0.4, 0.5) is 0 Å². The molecule has 0 saturated heterocycles. The van der Waals surface area contributed by atoms with Gasteiger partial charge >= 0.3 is 0 Å². The van der Waals surface area contributed by atoms with E-state index >= 15 is 0 Å². The minimum absolute atomic E-state index is 0.0657. The Morgan fingerprint density at radius 1 is 0.889 bits per heavy atom. The lowest BCUT2D eigenvalue weighted by Crippen LogP contribution is -2.09. The zero-order chi connectivity index (χ0) is 13.1. The molecule has 2 aromatic rings. The molecule has 18 heavy (non-hydrogen) atoms. The number of hydrogen-bond acceptors (Lipinski definition) is 0. The smallest absolute Gasteiger partial charge is 0.104 e. The monoisotopic (exact) mass is 410 g/mol. The molecular formula is C14H10Cl3I. The van der Waals surface area contributed by atoms with Gasteiger partial charge in [0.2, 0.25) is 0 Å². The highest BCUT2D eigenvalue weighted by Gasteiger charge is 2.21. The van der Waals surface area contributed by atoms with Crippen LogP contribution in [0.1, 0.15) is 17.0 Å². The van der Waals surface area contributed by atoms with E-state index in [2.05, 4.69) is 22.6 Å². The average Bonchev–Trinajstić information content (AvgIpc) is 2.32. The quantitative estimate of drug-likeness (QED) is 0.437. The predicted octanol–water partition coefficient (Wildman–Crippen LogP) is 5.88. The molecule has 0 heterocycles. The zero-order valence-electron chi connectivity index (χ0n) is 9.29. The molecule has 0 N–H and O–H groups in total. The summed E-state index contributed by atoms with van der Waals surface area (Å²) in [6, 6.07) is 15.8. The van der Waals surface area contributed by atoms with E-state index in [4.69, 9.17) is 34.8 Å². The normalized spacial score (nSPS) is 12.7. The molecule has 0 nitrogen and oxygen atoms in total. The summed E-state index contributed by atoms with van der Waals surface area (Å²) in [6.45, 7) is 0. The van der Waals surface area contributed by atoms with Gasteiger partial charge in [-0.15, -0.1) is 23.2 Å². The number of rotatable bonds is 3. The van der Waals surface area contributed by atoms with E-state index < -0.39 is 4.84 Å². The summed E-state index contributed by atoms with van der Waals surface area (Å²) >= 11 is 20.5. The first-order chi connectivity index (χ1) is 8.58. The number of hydrogen-bond donors (Lipinski definition) is 0. The second-order valence-corrected chi connectivity index (χ2v) is 6.76. The first-order valence-electron chi connectivity index (χ1n) is 5.37. The van der Waals surface area contributed by atoms with Crippen molar-refractivity contribution < 1.29 is 0 Å². The Bertz CT molecular complexity index is 523. The predicted molar refractivity (Wildman–Crippen MR) is 87.9 cm³/mol. The number of alkyl halides is 2. The maximum absolute atomic E-state index is 6.13. The van der Waals surface area contributed by atoms with Crippen LogP contribution in [-0.2, 0) is 0 Å². The second-order valence-electron chi connectivity index (χ2n) is 3.92. The molecule has 0 saturated carbocycles. The minimum atomic E-state index is -0.511. The van der Waals surface area contributed by atoms with Crippen LogP contribution in [0, 0.1) is 3.57 Å². The van der Waals surface area contributed by atoms with E-state index in [0.29, 0.717) is 5.02 Å². The van der Waals surface area contributed by atoms with Gasteiger partial charge in [-0.3, -0.25) is 0 Å². The highest BCUT2D eigenvalue weighted by Crippen LogP contribution is 2.34. The summed E-state index contributed by atoms with van der Waals surface area (Å²) in [5.74, 6) is -0.0657. The first-order valence-corrected chi connectivity index (χ1v) is 7.70. The molecule has 0 fully saturated rings. The molecule has 0 aliphatic heterocycles. The van der Waals surface area contributed by atoms with Crippen LogP contribution in [-0.4, -0.2) is 4.84 Å². The summed E-state index contributed by atoms with van der Waals surface area (Å²) in [4.78, 5) is -0.511. The Balaban J connectivity index is 2.43. The number of halogens is 4. The SMILES string of the molecule is Clc1cccc([C@H](c2ccc(I)cc2)C(Cl)Cl)c1. The molecule has 94 valence electrons. The van der Waals surface area contributed by atoms with E-state index in [0.717, 1.165) is 11.1 Å². The maximum atomic E-state index is 6.13. The van der Waals surface area contributed by atoms with Crippen molar-refractivity contribution in [3.8, 4) is 0 Å². The van der Waals surface area contributed by atoms with Crippen LogP contribution in [0.3, 0.4) is 0 Å². The van der Waals surface area contributed by atoms with Crippen LogP contribution in [0.15, 0.2) is 48.5 Å². The topological polar surface area (TPSA) is 0 Å². The van der Waals surface area contributed by atoms with Gasteiger partial charge in [-0.25, -0.2) is 0 Å². The molecule has 0 radical (unpaired) electrons. The van der Waals surface area contributed by atoms with Crippen LogP contribution in [0.2, 0.25) is 5.02 Å². The Kier molecular flexibility index (Phi) is 5.19. The molecule has 0 aliphatic carbocycles. The molecule has 2 aromatic carbocycles. The summed E-state index contributed by atoms with van der Waals surface area (Å²) in [7, 11) is 0. The standard InChI is InChI=1S/C14H10Cl3I/c15-11-3-1-2-10(8-11)13(14(16)17)9-4-6-12(18)7-5-9/h1-8,13-14H/t13-/m0/s1. The van der Waals surface area contributed by atoms with Gasteiger partial charge in [0.25, 0.3) is 0 Å². The lowest BCUT2D eigenvalue weighted by atomic mass is 9.93. The van der Waals surface area contributed by atoms with Crippen molar-refractivity contribution in [2.75, 3.05) is 0 Å². The highest BCUT2D eigenvalue weighted by atomic mass is 127. The van der Waals surface area contributed by atoms with E-state index in [9.17, 15) is 0 Å². The number of benzene rings is 2. The molecule has 1 atom stereocenters. The third-order valence-electron chi connectivity index (χ3n) is 2.69. The van der Waals surface area contributed by atoms with Crippen molar-refractivity contribution in [2.45, 2.75) is 10.8 Å². The van der Waals surface area contributed by atoms with Crippen molar-refractivity contribution in [2.24, 2.45) is 0 Å².